The molecule has 0 spiro atoms. The fourth-order valence-electron chi connectivity index (χ4n) is 2.00. The number of aromatic nitrogens is 1. The number of hydrogen-bond donors (Lipinski definition) is 1. The zero-order chi connectivity index (χ0) is 16.4. The first-order valence-electron chi connectivity index (χ1n) is 6.60. The van der Waals surface area contributed by atoms with Crippen LogP contribution < -0.4 is 5.32 Å². The van der Waals surface area contributed by atoms with E-state index in [4.69, 9.17) is 4.42 Å². The number of aryl methyl sites for hydroxylation is 1. The van der Waals surface area contributed by atoms with Gasteiger partial charge in [0.05, 0.1) is 16.9 Å². The highest BCUT2D eigenvalue weighted by molar-refractivity contribution is 7.14. The van der Waals surface area contributed by atoms with Crippen molar-refractivity contribution in [2.45, 2.75) is 6.92 Å². The number of benzene rings is 1. The largest absolute Gasteiger partial charge is 0.459 e. The fourth-order valence-corrected chi connectivity index (χ4v) is 2.71. The average molecular weight is 329 g/mol. The predicted octanol–water partition coefficient (Wildman–Crippen LogP) is 3.87. The van der Waals surface area contributed by atoms with E-state index in [0.29, 0.717) is 22.0 Å². The number of anilines is 1. The maximum Gasteiger partial charge on any atom is 0.293 e. The molecular formula is C15H11N3O4S. The van der Waals surface area contributed by atoms with Gasteiger partial charge in [-0.15, -0.1) is 11.3 Å². The van der Waals surface area contributed by atoms with E-state index in [1.807, 2.05) is 0 Å². The molecule has 3 aromatic rings. The summed E-state index contributed by atoms with van der Waals surface area (Å²) in [6, 6.07) is 8.08. The lowest BCUT2D eigenvalue weighted by Crippen LogP contribution is -2.10. The molecule has 2 aromatic heterocycles. The molecule has 3 rings (SSSR count). The van der Waals surface area contributed by atoms with Crippen molar-refractivity contribution in [3.05, 3.63) is 63.4 Å². The van der Waals surface area contributed by atoms with Crippen LogP contribution in [0.4, 0.5) is 10.8 Å². The Hall–Kier alpha value is -3.00. The number of amides is 1. The lowest BCUT2D eigenvalue weighted by atomic mass is 10.1. The molecule has 0 saturated carbocycles. The van der Waals surface area contributed by atoms with Crippen LogP contribution in [0, 0.1) is 17.0 Å². The molecule has 116 valence electrons. The molecule has 1 amide bonds. The maximum absolute atomic E-state index is 11.9. The van der Waals surface area contributed by atoms with Crippen LogP contribution in [-0.2, 0) is 0 Å². The minimum atomic E-state index is -0.426. The van der Waals surface area contributed by atoms with Crippen molar-refractivity contribution in [2.24, 2.45) is 0 Å². The van der Waals surface area contributed by atoms with Crippen molar-refractivity contribution >= 4 is 28.1 Å². The number of carbonyl (C=O) groups excluding carboxylic acids is 1. The summed E-state index contributed by atoms with van der Waals surface area (Å²) in [4.78, 5) is 26.7. The summed E-state index contributed by atoms with van der Waals surface area (Å²) in [5.41, 5.74) is 1.81. The number of thiazole rings is 1. The Morgan fingerprint density at radius 3 is 2.91 bits per heavy atom. The molecule has 0 aliphatic rings. The Balaban J connectivity index is 1.83. The average Bonchev–Trinajstić information content (AvgIpc) is 3.18. The molecule has 7 nitrogen and oxygen atoms in total. The van der Waals surface area contributed by atoms with Gasteiger partial charge in [-0.3, -0.25) is 20.2 Å². The number of hydrogen-bond acceptors (Lipinski definition) is 6. The van der Waals surface area contributed by atoms with Crippen molar-refractivity contribution in [3.63, 3.8) is 0 Å². The van der Waals surface area contributed by atoms with E-state index in [-0.39, 0.29) is 11.4 Å². The normalized spacial score (nSPS) is 10.5. The van der Waals surface area contributed by atoms with E-state index in [1.54, 1.807) is 36.6 Å². The van der Waals surface area contributed by atoms with Gasteiger partial charge in [-0.1, -0.05) is 12.1 Å². The number of furan rings is 1. The van der Waals surface area contributed by atoms with Crippen molar-refractivity contribution in [1.82, 2.24) is 4.98 Å². The van der Waals surface area contributed by atoms with E-state index in [1.165, 1.54) is 23.7 Å². The second-order valence-corrected chi connectivity index (χ2v) is 5.59. The van der Waals surface area contributed by atoms with Crippen LogP contribution >= 0.6 is 11.3 Å². The van der Waals surface area contributed by atoms with Crippen molar-refractivity contribution in [2.75, 3.05) is 5.32 Å². The van der Waals surface area contributed by atoms with Crippen molar-refractivity contribution in [1.29, 1.82) is 0 Å². The summed E-state index contributed by atoms with van der Waals surface area (Å²) in [7, 11) is 0. The van der Waals surface area contributed by atoms with Gasteiger partial charge in [0, 0.05) is 22.6 Å². The van der Waals surface area contributed by atoms with E-state index in [9.17, 15) is 14.9 Å². The van der Waals surface area contributed by atoms with Crippen LogP contribution in [0.15, 0.2) is 46.4 Å². The highest BCUT2D eigenvalue weighted by Gasteiger charge is 2.15. The number of nitrogens with one attached hydrogen (secondary N) is 1. The topological polar surface area (TPSA) is 98.3 Å². The van der Waals surface area contributed by atoms with Gasteiger partial charge in [-0.25, -0.2) is 4.98 Å². The smallest absolute Gasteiger partial charge is 0.293 e. The maximum atomic E-state index is 11.9. The quantitative estimate of drug-likeness (QED) is 0.578. The Bertz CT molecular complexity index is 871. The summed E-state index contributed by atoms with van der Waals surface area (Å²) in [5, 5.41) is 15.8. The summed E-state index contributed by atoms with van der Waals surface area (Å²) < 4.78 is 5.00. The van der Waals surface area contributed by atoms with Crippen LogP contribution in [0.5, 0.6) is 0 Å². The molecule has 0 aliphatic heterocycles. The third-order valence-electron chi connectivity index (χ3n) is 3.17. The van der Waals surface area contributed by atoms with Gasteiger partial charge in [0.25, 0.3) is 11.6 Å². The Morgan fingerprint density at radius 1 is 1.39 bits per heavy atom. The third-order valence-corrected chi connectivity index (χ3v) is 3.93. The number of rotatable bonds is 4. The molecule has 0 fully saturated rings. The van der Waals surface area contributed by atoms with Crippen molar-refractivity contribution in [3.8, 4) is 11.3 Å². The van der Waals surface area contributed by atoms with Crippen LogP contribution in [-0.4, -0.2) is 15.8 Å². The molecule has 0 atom stereocenters. The van der Waals surface area contributed by atoms with Crippen LogP contribution in [0.2, 0.25) is 0 Å². The van der Waals surface area contributed by atoms with E-state index >= 15 is 0 Å². The summed E-state index contributed by atoms with van der Waals surface area (Å²) in [6.07, 6.45) is 1.41. The standard InChI is InChI=1S/C15H11N3O4S/c1-9-4-5-10(7-12(9)18(20)21)11-8-23-15(16-11)17-14(19)13-3-2-6-22-13/h2-8H,1H3,(H,16,17,19). The minimum absolute atomic E-state index is 0.0386. The number of nitro benzene ring substituents is 1. The fraction of sp³-hybridized carbons (Fsp3) is 0.0667. The molecular weight excluding hydrogens is 318 g/mol. The lowest BCUT2D eigenvalue weighted by molar-refractivity contribution is -0.385. The first kappa shape index (κ1) is 14.9. The molecule has 0 saturated heterocycles. The first-order chi connectivity index (χ1) is 11.0. The Labute approximate surface area is 134 Å². The SMILES string of the molecule is Cc1ccc(-c2csc(NC(=O)c3ccco3)n2)cc1[N+](=O)[O-]. The lowest BCUT2D eigenvalue weighted by Gasteiger charge is -2.00. The van der Waals surface area contributed by atoms with Gasteiger partial charge in [0.1, 0.15) is 0 Å². The van der Waals surface area contributed by atoms with E-state index < -0.39 is 10.8 Å². The second-order valence-electron chi connectivity index (χ2n) is 4.73. The Morgan fingerprint density at radius 2 is 2.22 bits per heavy atom. The van der Waals surface area contributed by atoms with Gasteiger partial charge in [0.15, 0.2) is 10.9 Å². The van der Waals surface area contributed by atoms with Gasteiger partial charge >= 0.3 is 0 Å². The number of carbonyl (C=O) groups is 1. The first-order valence-corrected chi connectivity index (χ1v) is 7.48. The Kier molecular flexibility index (Phi) is 3.90. The summed E-state index contributed by atoms with van der Waals surface area (Å²) in [6.45, 7) is 1.68. The molecule has 1 N–H and O–H groups in total. The monoisotopic (exact) mass is 329 g/mol. The molecule has 8 heteroatoms. The van der Waals surface area contributed by atoms with Crippen LogP contribution in [0.1, 0.15) is 16.1 Å². The molecule has 0 radical (unpaired) electrons. The van der Waals surface area contributed by atoms with E-state index in [2.05, 4.69) is 10.3 Å². The number of nitro groups is 1. The highest BCUT2D eigenvalue weighted by atomic mass is 32.1. The molecule has 0 aliphatic carbocycles. The summed E-state index contributed by atoms with van der Waals surface area (Å²) in [5.74, 6) is -0.210. The zero-order valence-corrected chi connectivity index (χ0v) is 12.8. The number of nitrogens with zero attached hydrogens (tertiary/aromatic N) is 2. The predicted molar refractivity (Wildman–Crippen MR) is 85.6 cm³/mol. The van der Waals surface area contributed by atoms with Gasteiger partial charge in [-0.05, 0) is 19.1 Å². The van der Waals surface area contributed by atoms with E-state index in [0.717, 1.165) is 0 Å². The highest BCUT2D eigenvalue weighted by Crippen LogP contribution is 2.29. The minimum Gasteiger partial charge on any atom is -0.459 e. The van der Waals surface area contributed by atoms with Crippen LogP contribution in [0.25, 0.3) is 11.3 Å². The van der Waals surface area contributed by atoms with Crippen molar-refractivity contribution < 1.29 is 14.1 Å². The molecule has 1 aromatic carbocycles. The summed E-state index contributed by atoms with van der Waals surface area (Å²) >= 11 is 1.23. The molecule has 0 bridgehead atoms. The van der Waals surface area contributed by atoms with Crippen LogP contribution in [0.3, 0.4) is 0 Å². The van der Waals surface area contributed by atoms with Gasteiger partial charge < -0.3 is 4.42 Å². The molecule has 2 heterocycles. The zero-order valence-electron chi connectivity index (χ0n) is 12.0. The van der Waals surface area contributed by atoms with Gasteiger partial charge in [0.2, 0.25) is 0 Å². The molecule has 0 unspecified atom stereocenters. The third kappa shape index (κ3) is 3.11. The van der Waals surface area contributed by atoms with Gasteiger partial charge in [-0.2, -0.15) is 0 Å². The second kappa shape index (κ2) is 6.01. The molecule has 23 heavy (non-hydrogen) atoms.